The fourth-order valence-corrected chi connectivity index (χ4v) is 4.03. The fourth-order valence-electron chi connectivity index (χ4n) is 4.03. The Bertz CT molecular complexity index is 604. The van der Waals surface area contributed by atoms with E-state index in [0.717, 1.165) is 17.7 Å². The van der Waals surface area contributed by atoms with Crippen molar-refractivity contribution in [1.29, 1.82) is 0 Å². The standard InChI is InChI=1S/C17H17NO3/c1-21-13-6-2-10(3-7-13)9-18-16(19)14-11-4-5-12(8-11)15(14)17(18)20/h2-7,11-12,14-15H,8-9H2,1H3/t11-,12+,14-,15+. The zero-order valence-corrected chi connectivity index (χ0v) is 11.9. The van der Waals surface area contributed by atoms with Gasteiger partial charge in [-0.1, -0.05) is 24.3 Å². The molecule has 2 fully saturated rings. The highest BCUT2D eigenvalue weighted by Gasteiger charge is 2.59. The van der Waals surface area contributed by atoms with Gasteiger partial charge in [-0.15, -0.1) is 0 Å². The van der Waals surface area contributed by atoms with Crippen LogP contribution < -0.4 is 4.74 Å². The van der Waals surface area contributed by atoms with Gasteiger partial charge in [0.25, 0.3) is 0 Å². The van der Waals surface area contributed by atoms with Crippen molar-refractivity contribution in [2.45, 2.75) is 13.0 Å². The molecule has 0 aromatic heterocycles. The molecule has 0 unspecified atom stereocenters. The van der Waals surface area contributed by atoms with E-state index in [1.807, 2.05) is 24.3 Å². The lowest BCUT2D eigenvalue weighted by Gasteiger charge is -2.17. The fraction of sp³-hybridized carbons (Fsp3) is 0.412. The second-order valence-electron chi connectivity index (χ2n) is 6.11. The maximum atomic E-state index is 12.6. The Hall–Kier alpha value is -2.10. The zero-order valence-electron chi connectivity index (χ0n) is 11.9. The van der Waals surface area contributed by atoms with Crippen LogP contribution in [0.15, 0.2) is 36.4 Å². The zero-order chi connectivity index (χ0) is 14.6. The van der Waals surface area contributed by atoms with E-state index in [0.29, 0.717) is 6.54 Å². The Kier molecular flexibility index (Phi) is 2.67. The number of imide groups is 1. The van der Waals surface area contributed by atoms with Gasteiger partial charge in [0.15, 0.2) is 0 Å². The molecule has 108 valence electrons. The molecule has 0 radical (unpaired) electrons. The van der Waals surface area contributed by atoms with Crippen LogP contribution in [0.4, 0.5) is 0 Å². The van der Waals surface area contributed by atoms with E-state index in [-0.39, 0.29) is 35.5 Å². The molecule has 1 saturated carbocycles. The van der Waals surface area contributed by atoms with Crippen LogP contribution in [0.2, 0.25) is 0 Å². The molecule has 2 amide bonds. The maximum absolute atomic E-state index is 12.6. The monoisotopic (exact) mass is 283 g/mol. The van der Waals surface area contributed by atoms with Crippen LogP contribution in [-0.4, -0.2) is 23.8 Å². The predicted molar refractivity (Wildman–Crippen MR) is 76.3 cm³/mol. The summed E-state index contributed by atoms with van der Waals surface area (Å²) < 4.78 is 5.12. The van der Waals surface area contributed by atoms with Gasteiger partial charge in [0.05, 0.1) is 25.5 Å². The van der Waals surface area contributed by atoms with E-state index in [1.54, 1.807) is 7.11 Å². The van der Waals surface area contributed by atoms with E-state index >= 15 is 0 Å². The molecule has 2 bridgehead atoms. The Morgan fingerprint density at radius 3 is 2.14 bits per heavy atom. The van der Waals surface area contributed by atoms with Gasteiger partial charge >= 0.3 is 0 Å². The summed E-state index contributed by atoms with van der Waals surface area (Å²) in [5.74, 6) is 1.14. The van der Waals surface area contributed by atoms with Crippen molar-refractivity contribution in [3.05, 3.63) is 42.0 Å². The van der Waals surface area contributed by atoms with Gasteiger partial charge in [-0.05, 0) is 36.0 Å². The van der Waals surface area contributed by atoms with Gasteiger partial charge in [-0.3, -0.25) is 14.5 Å². The Labute approximate surface area is 123 Å². The van der Waals surface area contributed by atoms with E-state index < -0.39 is 0 Å². The van der Waals surface area contributed by atoms with Crippen molar-refractivity contribution < 1.29 is 14.3 Å². The summed E-state index contributed by atoms with van der Waals surface area (Å²) in [7, 11) is 1.62. The number of amides is 2. The highest BCUT2D eigenvalue weighted by Crippen LogP contribution is 2.52. The lowest BCUT2D eigenvalue weighted by atomic mass is 9.85. The number of carbonyl (C=O) groups is 2. The lowest BCUT2D eigenvalue weighted by Crippen LogP contribution is -2.32. The van der Waals surface area contributed by atoms with Crippen LogP contribution in [0.3, 0.4) is 0 Å². The first-order chi connectivity index (χ1) is 10.2. The maximum Gasteiger partial charge on any atom is 0.234 e. The first-order valence-corrected chi connectivity index (χ1v) is 7.35. The quantitative estimate of drug-likeness (QED) is 0.629. The molecule has 4 nitrogen and oxygen atoms in total. The number of benzene rings is 1. The molecule has 1 heterocycles. The summed E-state index contributed by atoms with van der Waals surface area (Å²) in [6.45, 7) is 0.369. The summed E-state index contributed by atoms with van der Waals surface area (Å²) in [6.07, 6.45) is 5.21. The third-order valence-corrected chi connectivity index (χ3v) is 5.06. The molecule has 3 aliphatic rings. The van der Waals surface area contributed by atoms with Gasteiger partial charge in [0.2, 0.25) is 11.8 Å². The molecule has 1 aromatic rings. The van der Waals surface area contributed by atoms with Crippen molar-refractivity contribution in [2.24, 2.45) is 23.7 Å². The largest absolute Gasteiger partial charge is 0.497 e. The Morgan fingerprint density at radius 2 is 1.62 bits per heavy atom. The third kappa shape index (κ3) is 1.75. The molecule has 0 spiro atoms. The van der Waals surface area contributed by atoms with Crippen LogP contribution in [0.25, 0.3) is 0 Å². The summed E-state index contributed by atoms with van der Waals surface area (Å²) >= 11 is 0. The third-order valence-electron chi connectivity index (χ3n) is 5.06. The second kappa shape index (κ2) is 4.45. The minimum absolute atomic E-state index is 0.0117. The number of hydrogen-bond donors (Lipinski definition) is 0. The lowest BCUT2D eigenvalue weighted by molar-refractivity contribution is -0.141. The summed E-state index contributed by atoms with van der Waals surface area (Å²) in [5, 5.41) is 0. The average molecular weight is 283 g/mol. The minimum atomic E-state index is -0.106. The van der Waals surface area contributed by atoms with E-state index in [9.17, 15) is 9.59 Å². The SMILES string of the molecule is COc1ccc(CN2C(=O)[C@@H]3[C@H](C2=O)[C@@H]2C=C[C@H]3C2)cc1. The number of likely N-dealkylation sites (tertiary alicyclic amines) is 1. The molecule has 4 rings (SSSR count). The van der Waals surface area contributed by atoms with E-state index in [2.05, 4.69) is 12.2 Å². The van der Waals surface area contributed by atoms with Crippen LogP contribution in [0.5, 0.6) is 5.75 Å². The average Bonchev–Trinajstić information content (AvgIpc) is 3.18. The van der Waals surface area contributed by atoms with Crippen molar-refractivity contribution in [1.82, 2.24) is 4.90 Å². The van der Waals surface area contributed by atoms with Crippen LogP contribution in [0.1, 0.15) is 12.0 Å². The number of hydrogen-bond acceptors (Lipinski definition) is 3. The molecule has 1 aliphatic heterocycles. The van der Waals surface area contributed by atoms with Crippen molar-refractivity contribution in [2.75, 3.05) is 7.11 Å². The van der Waals surface area contributed by atoms with Crippen LogP contribution in [0, 0.1) is 23.7 Å². The molecule has 2 aliphatic carbocycles. The molecule has 1 aromatic carbocycles. The number of nitrogens with zero attached hydrogens (tertiary/aromatic N) is 1. The highest BCUT2D eigenvalue weighted by molar-refractivity contribution is 6.06. The van der Waals surface area contributed by atoms with Gasteiger partial charge < -0.3 is 4.74 Å². The van der Waals surface area contributed by atoms with E-state index in [4.69, 9.17) is 4.74 Å². The van der Waals surface area contributed by atoms with Crippen molar-refractivity contribution in [3.8, 4) is 5.75 Å². The van der Waals surface area contributed by atoms with E-state index in [1.165, 1.54) is 4.90 Å². The van der Waals surface area contributed by atoms with Gasteiger partial charge in [0.1, 0.15) is 5.75 Å². The van der Waals surface area contributed by atoms with Gasteiger partial charge in [-0.2, -0.15) is 0 Å². The number of allylic oxidation sites excluding steroid dienone is 2. The molecule has 0 N–H and O–H groups in total. The summed E-state index contributed by atoms with van der Waals surface area (Å²) in [4.78, 5) is 26.6. The number of methoxy groups -OCH3 is 1. The van der Waals surface area contributed by atoms with Gasteiger partial charge in [0, 0.05) is 0 Å². The number of fused-ring (bicyclic) bond motifs is 5. The van der Waals surface area contributed by atoms with Gasteiger partial charge in [-0.25, -0.2) is 0 Å². The minimum Gasteiger partial charge on any atom is -0.497 e. The highest BCUT2D eigenvalue weighted by atomic mass is 16.5. The predicted octanol–water partition coefficient (Wildman–Crippen LogP) is 2.00. The number of carbonyl (C=O) groups excluding carboxylic acids is 2. The molecular formula is C17H17NO3. The molecule has 4 heteroatoms. The molecule has 4 atom stereocenters. The topological polar surface area (TPSA) is 46.6 Å². The van der Waals surface area contributed by atoms with Crippen LogP contribution >= 0.6 is 0 Å². The van der Waals surface area contributed by atoms with Crippen molar-refractivity contribution >= 4 is 11.8 Å². The molecular weight excluding hydrogens is 266 g/mol. The first-order valence-electron chi connectivity index (χ1n) is 7.35. The summed E-state index contributed by atoms with van der Waals surface area (Å²) in [5.41, 5.74) is 0.956. The van der Waals surface area contributed by atoms with Crippen LogP contribution in [-0.2, 0) is 16.1 Å². The molecule has 21 heavy (non-hydrogen) atoms. The van der Waals surface area contributed by atoms with Crippen molar-refractivity contribution in [3.63, 3.8) is 0 Å². The first kappa shape index (κ1) is 12.6. The normalized spacial score (nSPS) is 32.9. The number of rotatable bonds is 3. The Balaban J connectivity index is 1.56. The number of ether oxygens (including phenoxy) is 1. The second-order valence-corrected chi connectivity index (χ2v) is 6.11. The Morgan fingerprint density at radius 1 is 1.05 bits per heavy atom. The molecule has 1 saturated heterocycles. The summed E-state index contributed by atoms with van der Waals surface area (Å²) in [6, 6.07) is 7.51. The smallest absolute Gasteiger partial charge is 0.234 e.